The summed E-state index contributed by atoms with van der Waals surface area (Å²) in [4.78, 5) is 7.04. The number of nitrogens with zero attached hydrogens (tertiary/aromatic N) is 4. The average Bonchev–Trinajstić information content (AvgIpc) is 2.84. The number of hydrogen-bond donors (Lipinski definition) is 1. The van der Waals surface area contributed by atoms with Crippen molar-refractivity contribution in [2.45, 2.75) is 38.3 Å². The van der Waals surface area contributed by atoms with E-state index in [9.17, 15) is 0 Å². The molecule has 2 aliphatic heterocycles. The number of fused-ring (bicyclic) bond motifs is 1. The Bertz CT molecular complexity index is 400. The minimum Gasteiger partial charge on any atom is -0.326 e. The minimum absolute atomic E-state index is 0.259. The van der Waals surface area contributed by atoms with Gasteiger partial charge >= 0.3 is 0 Å². The molecular formula is C12H21N5. The first-order chi connectivity index (χ1) is 8.20. The van der Waals surface area contributed by atoms with Gasteiger partial charge in [-0.1, -0.05) is 0 Å². The van der Waals surface area contributed by atoms with Gasteiger partial charge in [-0.15, -0.1) is 0 Å². The standard InChI is InChI=1S/C12H21N5/c1-16-5-4-9(7-16)6-11-14-12-3-2-10(13)8-17(12)15-11/h9-10H,2-8,13H2,1H3. The predicted octanol–water partition coefficient (Wildman–Crippen LogP) is 0.0458. The van der Waals surface area contributed by atoms with E-state index in [1.54, 1.807) is 0 Å². The summed E-state index contributed by atoms with van der Waals surface area (Å²) in [5.41, 5.74) is 5.95. The third kappa shape index (κ3) is 2.35. The Morgan fingerprint density at radius 1 is 1.35 bits per heavy atom. The quantitative estimate of drug-likeness (QED) is 0.786. The maximum atomic E-state index is 5.95. The first kappa shape index (κ1) is 11.2. The SMILES string of the molecule is CN1CCC(Cc2nc3n(n2)CC(N)CC3)C1. The van der Waals surface area contributed by atoms with Gasteiger partial charge in [-0.3, -0.25) is 0 Å². The van der Waals surface area contributed by atoms with Gasteiger partial charge in [-0.05, 0) is 32.4 Å². The summed E-state index contributed by atoms with van der Waals surface area (Å²) in [6, 6.07) is 0.259. The van der Waals surface area contributed by atoms with Gasteiger partial charge in [0.2, 0.25) is 0 Å². The van der Waals surface area contributed by atoms with Crippen LogP contribution in [0.15, 0.2) is 0 Å². The molecule has 17 heavy (non-hydrogen) atoms. The van der Waals surface area contributed by atoms with Gasteiger partial charge in [0.05, 0.1) is 6.54 Å². The third-order valence-electron chi connectivity index (χ3n) is 3.90. The van der Waals surface area contributed by atoms with E-state index in [4.69, 9.17) is 5.73 Å². The van der Waals surface area contributed by atoms with E-state index in [2.05, 4.69) is 22.0 Å². The molecule has 0 amide bonds. The second-order valence-electron chi connectivity index (χ2n) is 5.55. The summed E-state index contributed by atoms with van der Waals surface area (Å²) in [7, 11) is 2.19. The minimum atomic E-state index is 0.259. The van der Waals surface area contributed by atoms with Crippen LogP contribution in [0.3, 0.4) is 0 Å². The largest absolute Gasteiger partial charge is 0.326 e. The summed E-state index contributed by atoms with van der Waals surface area (Å²) in [6.07, 6.45) is 4.34. The Labute approximate surface area is 102 Å². The van der Waals surface area contributed by atoms with Crippen molar-refractivity contribution < 1.29 is 0 Å². The Hall–Kier alpha value is -0.940. The molecule has 2 aliphatic rings. The molecule has 1 aromatic heterocycles. The van der Waals surface area contributed by atoms with Crippen LogP contribution >= 0.6 is 0 Å². The number of aryl methyl sites for hydroxylation is 1. The highest BCUT2D eigenvalue weighted by Gasteiger charge is 2.23. The van der Waals surface area contributed by atoms with Gasteiger partial charge < -0.3 is 10.6 Å². The lowest BCUT2D eigenvalue weighted by Crippen LogP contribution is -2.32. The second-order valence-corrected chi connectivity index (χ2v) is 5.55. The van der Waals surface area contributed by atoms with Crippen molar-refractivity contribution in [3.63, 3.8) is 0 Å². The van der Waals surface area contributed by atoms with Crippen LogP contribution in [-0.2, 0) is 19.4 Å². The van der Waals surface area contributed by atoms with E-state index >= 15 is 0 Å². The lowest BCUT2D eigenvalue weighted by atomic mass is 10.1. The normalized spacial score (nSPS) is 29.5. The van der Waals surface area contributed by atoms with Crippen molar-refractivity contribution in [1.82, 2.24) is 19.7 Å². The van der Waals surface area contributed by atoms with Gasteiger partial charge in [0.1, 0.15) is 5.82 Å². The van der Waals surface area contributed by atoms with Crippen LogP contribution in [0.4, 0.5) is 0 Å². The Morgan fingerprint density at radius 2 is 2.24 bits per heavy atom. The summed E-state index contributed by atoms with van der Waals surface area (Å²) in [5.74, 6) is 2.89. The molecule has 1 fully saturated rings. The molecule has 3 rings (SSSR count). The summed E-state index contributed by atoms with van der Waals surface area (Å²) < 4.78 is 2.02. The maximum absolute atomic E-state index is 5.95. The number of rotatable bonds is 2. The summed E-state index contributed by atoms with van der Waals surface area (Å²) >= 11 is 0. The monoisotopic (exact) mass is 235 g/mol. The van der Waals surface area contributed by atoms with E-state index in [1.165, 1.54) is 19.5 Å². The Morgan fingerprint density at radius 3 is 3.00 bits per heavy atom. The van der Waals surface area contributed by atoms with Crippen molar-refractivity contribution in [1.29, 1.82) is 0 Å². The fourth-order valence-electron chi connectivity index (χ4n) is 2.92. The van der Waals surface area contributed by atoms with Crippen molar-refractivity contribution in [2.24, 2.45) is 11.7 Å². The van der Waals surface area contributed by atoms with Crippen LogP contribution in [0.1, 0.15) is 24.5 Å². The molecule has 5 nitrogen and oxygen atoms in total. The molecule has 0 aromatic carbocycles. The molecule has 0 spiro atoms. The van der Waals surface area contributed by atoms with Crippen molar-refractivity contribution in [3.05, 3.63) is 11.6 Å². The highest BCUT2D eigenvalue weighted by atomic mass is 15.4. The molecule has 2 atom stereocenters. The smallest absolute Gasteiger partial charge is 0.151 e. The third-order valence-corrected chi connectivity index (χ3v) is 3.90. The number of likely N-dealkylation sites (tertiary alicyclic amines) is 1. The van der Waals surface area contributed by atoms with Crippen LogP contribution in [0, 0.1) is 5.92 Å². The second kappa shape index (κ2) is 4.38. The molecule has 0 radical (unpaired) electrons. The zero-order valence-corrected chi connectivity index (χ0v) is 10.5. The average molecular weight is 235 g/mol. The first-order valence-corrected chi connectivity index (χ1v) is 6.57. The first-order valence-electron chi connectivity index (χ1n) is 6.57. The molecule has 0 aliphatic carbocycles. The number of nitrogens with two attached hydrogens (primary N) is 1. The van der Waals surface area contributed by atoms with Crippen LogP contribution in [-0.4, -0.2) is 45.8 Å². The van der Waals surface area contributed by atoms with E-state index in [0.29, 0.717) is 0 Å². The predicted molar refractivity (Wildman–Crippen MR) is 65.6 cm³/mol. The molecule has 5 heteroatoms. The zero-order valence-electron chi connectivity index (χ0n) is 10.5. The molecule has 0 saturated carbocycles. The molecule has 94 valence electrons. The highest BCUT2D eigenvalue weighted by Crippen LogP contribution is 2.19. The molecular weight excluding hydrogens is 214 g/mol. The molecule has 0 bridgehead atoms. The summed E-state index contributed by atoms with van der Waals surface area (Å²) in [6.45, 7) is 3.24. The van der Waals surface area contributed by atoms with Crippen molar-refractivity contribution in [2.75, 3.05) is 20.1 Å². The van der Waals surface area contributed by atoms with Crippen LogP contribution in [0.25, 0.3) is 0 Å². The lowest BCUT2D eigenvalue weighted by Gasteiger charge is -2.17. The van der Waals surface area contributed by atoms with Crippen molar-refractivity contribution >= 4 is 0 Å². The molecule has 1 saturated heterocycles. The van der Waals surface area contributed by atoms with Gasteiger partial charge in [0.15, 0.2) is 5.82 Å². The van der Waals surface area contributed by atoms with E-state index in [0.717, 1.165) is 43.4 Å². The fraction of sp³-hybridized carbons (Fsp3) is 0.833. The molecule has 2 N–H and O–H groups in total. The van der Waals surface area contributed by atoms with Gasteiger partial charge in [-0.25, -0.2) is 9.67 Å². The number of aromatic nitrogens is 3. The van der Waals surface area contributed by atoms with E-state index < -0.39 is 0 Å². The summed E-state index contributed by atoms with van der Waals surface area (Å²) in [5, 5.41) is 4.60. The Balaban J connectivity index is 1.68. The molecule has 2 unspecified atom stereocenters. The number of hydrogen-bond acceptors (Lipinski definition) is 4. The van der Waals surface area contributed by atoms with Crippen LogP contribution in [0.5, 0.6) is 0 Å². The van der Waals surface area contributed by atoms with Gasteiger partial charge in [-0.2, -0.15) is 5.10 Å². The van der Waals surface area contributed by atoms with Crippen LogP contribution < -0.4 is 5.73 Å². The maximum Gasteiger partial charge on any atom is 0.151 e. The Kier molecular flexibility index (Phi) is 2.88. The topological polar surface area (TPSA) is 60.0 Å². The molecule has 3 heterocycles. The van der Waals surface area contributed by atoms with Crippen LogP contribution in [0.2, 0.25) is 0 Å². The van der Waals surface area contributed by atoms with E-state index in [1.807, 2.05) is 4.68 Å². The van der Waals surface area contributed by atoms with E-state index in [-0.39, 0.29) is 6.04 Å². The zero-order chi connectivity index (χ0) is 11.8. The van der Waals surface area contributed by atoms with Gasteiger partial charge in [0.25, 0.3) is 0 Å². The fourth-order valence-corrected chi connectivity index (χ4v) is 2.92. The van der Waals surface area contributed by atoms with Gasteiger partial charge in [0, 0.05) is 25.4 Å². The highest BCUT2D eigenvalue weighted by molar-refractivity contribution is 4.99. The molecule has 1 aromatic rings. The van der Waals surface area contributed by atoms with Crippen molar-refractivity contribution in [3.8, 4) is 0 Å². The lowest BCUT2D eigenvalue weighted by molar-refractivity contribution is 0.391.